The number of halogens is 7. The van der Waals surface area contributed by atoms with Crippen molar-refractivity contribution in [3.05, 3.63) is 29.6 Å². The van der Waals surface area contributed by atoms with Crippen molar-refractivity contribution in [2.75, 3.05) is 18.4 Å². The van der Waals surface area contributed by atoms with Gasteiger partial charge in [0.15, 0.2) is 0 Å². The molecule has 0 aromatic carbocycles. The minimum Gasteiger partial charge on any atom is -0.444 e. The number of rotatable bonds is 3. The fourth-order valence-corrected chi connectivity index (χ4v) is 4.32. The zero-order chi connectivity index (χ0) is 29.0. The molecule has 1 unspecified atom stereocenters. The number of piperidine rings is 1. The Morgan fingerprint density at radius 2 is 1.82 bits per heavy atom. The highest BCUT2D eigenvalue weighted by Crippen LogP contribution is 2.46. The molecule has 0 bridgehead atoms. The normalized spacial score (nSPS) is 19.7. The second-order valence-electron chi connectivity index (χ2n) is 10.3. The fraction of sp³-hybridized carbons (Fsp3) is 0.565. The molecule has 1 N–H and O–H groups in total. The van der Waals surface area contributed by atoms with Gasteiger partial charge in [0.25, 0.3) is 0 Å². The Balaban J connectivity index is 1.65. The molecular formula is C23H24F7N5O4. The number of nitrogens with zero attached hydrogens (tertiary/aromatic N) is 4. The van der Waals surface area contributed by atoms with Crippen LogP contribution < -0.4 is 5.32 Å². The fourth-order valence-electron chi connectivity index (χ4n) is 4.32. The topological polar surface area (TPSA) is 98.6 Å². The second-order valence-corrected chi connectivity index (χ2v) is 10.3. The number of cyclic esters (lactones) is 1. The first-order valence-corrected chi connectivity index (χ1v) is 11.7. The van der Waals surface area contributed by atoms with E-state index in [4.69, 9.17) is 4.74 Å². The number of alkyl halides is 7. The summed E-state index contributed by atoms with van der Waals surface area (Å²) < 4.78 is 108. The van der Waals surface area contributed by atoms with Crippen LogP contribution in [0, 0.1) is 0 Å². The molecular weight excluding hydrogens is 543 g/mol. The predicted octanol–water partition coefficient (Wildman–Crippen LogP) is 5.87. The lowest BCUT2D eigenvalue weighted by Gasteiger charge is -2.37. The second kappa shape index (κ2) is 9.55. The van der Waals surface area contributed by atoms with Crippen molar-refractivity contribution >= 4 is 18.0 Å². The summed E-state index contributed by atoms with van der Waals surface area (Å²) in [7, 11) is 0. The van der Waals surface area contributed by atoms with Crippen LogP contribution in [0.2, 0.25) is 0 Å². The number of carbonyl (C=O) groups excluding carboxylic acids is 2. The van der Waals surface area contributed by atoms with Crippen LogP contribution in [0.25, 0.3) is 11.3 Å². The maximum atomic E-state index is 15.7. The maximum absolute atomic E-state index is 15.7. The molecule has 9 nitrogen and oxygen atoms in total. The SMILES string of the molecule is CC(C)(C)OC(=O)N1CCC(F)(Cn2nc(-c3ccnc4c3C(C(F)(F)F)OC(=O)N4)cc2C(F)(F)F)CC1. The number of pyridine rings is 1. The number of aromatic nitrogens is 3. The van der Waals surface area contributed by atoms with Crippen LogP contribution in [0.4, 0.5) is 46.1 Å². The van der Waals surface area contributed by atoms with Crippen LogP contribution in [0.1, 0.15) is 51.0 Å². The Bertz CT molecular complexity index is 1260. The Kier molecular flexibility index (Phi) is 6.96. The summed E-state index contributed by atoms with van der Waals surface area (Å²) in [5.74, 6) is -0.550. The third kappa shape index (κ3) is 6.19. The zero-order valence-electron chi connectivity index (χ0n) is 20.9. The van der Waals surface area contributed by atoms with E-state index < -0.39 is 76.8 Å². The molecule has 214 valence electrons. The predicted molar refractivity (Wildman–Crippen MR) is 120 cm³/mol. The molecule has 1 saturated heterocycles. The van der Waals surface area contributed by atoms with Crippen LogP contribution in [0.15, 0.2) is 18.3 Å². The highest BCUT2D eigenvalue weighted by Gasteiger charge is 2.50. The summed E-state index contributed by atoms with van der Waals surface area (Å²) in [5.41, 5.74) is -6.10. The van der Waals surface area contributed by atoms with E-state index in [1.54, 1.807) is 20.8 Å². The van der Waals surface area contributed by atoms with E-state index >= 15 is 4.39 Å². The zero-order valence-corrected chi connectivity index (χ0v) is 20.9. The number of ether oxygens (including phenoxy) is 2. The number of anilines is 1. The summed E-state index contributed by atoms with van der Waals surface area (Å²) in [6.45, 7) is 3.84. The minimum absolute atomic E-state index is 0.122. The largest absolute Gasteiger partial charge is 0.444 e. The van der Waals surface area contributed by atoms with Crippen molar-refractivity contribution in [1.29, 1.82) is 0 Å². The average Bonchev–Trinajstić information content (AvgIpc) is 3.20. The molecule has 2 aliphatic rings. The average molecular weight is 567 g/mol. The molecule has 1 fully saturated rings. The van der Waals surface area contributed by atoms with E-state index in [1.165, 1.54) is 4.90 Å². The van der Waals surface area contributed by atoms with E-state index in [1.807, 2.05) is 5.32 Å². The number of carbonyl (C=O) groups is 2. The number of hydrogen-bond donors (Lipinski definition) is 1. The first-order valence-electron chi connectivity index (χ1n) is 11.7. The molecule has 1 atom stereocenters. The first-order chi connectivity index (χ1) is 17.9. The molecule has 2 aromatic rings. The van der Waals surface area contributed by atoms with Crippen molar-refractivity contribution < 1.29 is 49.8 Å². The van der Waals surface area contributed by atoms with Crippen LogP contribution in [-0.4, -0.2) is 62.4 Å². The molecule has 4 heterocycles. The number of hydrogen-bond acceptors (Lipinski definition) is 6. The molecule has 16 heteroatoms. The van der Waals surface area contributed by atoms with E-state index in [-0.39, 0.29) is 25.9 Å². The monoisotopic (exact) mass is 567 g/mol. The van der Waals surface area contributed by atoms with Gasteiger partial charge < -0.3 is 14.4 Å². The molecule has 0 saturated carbocycles. The van der Waals surface area contributed by atoms with Gasteiger partial charge >= 0.3 is 24.5 Å². The van der Waals surface area contributed by atoms with Gasteiger partial charge in [-0.25, -0.2) is 19.0 Å². The van der Waals surface area contributed by atoms with Crippen molar-refractivity contribution in [1.82, 2.24) is 19.7 Å². The van der Waals surface area contributed by atoms with E-state index in [0.29, 0.717) is 10.7 Å². The van der Waals surface area contributed by atoms with Gasteiger partial charge in [-0.2, -0.15) is 31.4 Å². The number of fused-ring (bicyclic) bond motifs is 1. The van der Waals surface area contributed by atoms with Gasteiger partial charge in [-0.15, -0.1) is 0 Å². The van der Waals surface area contributed by atoms with Crippen molar-refractivity contribution in [3.63, 3.8) is 0 Å². The van der Waals surface area contributed by atoms with Crippen molar-refractivity contribution in [3.8, 4) is 11.3 Å². The molecule has 2 aliphatic heterocycles. The smallest absolute Gasteiger partial charge is 0.433 e. The first kappa shape index (κ1) is 28.4. The van der Waals surface area contributed by atoms with E-state index in [2.05, 4.69) is 14.8 Å². The highest BCUT2D eigenvalue weighted by molar-refractivity contribution is 5.89. The van der Waals surface area contributed by atoms with Crippen LogP contribution in [-0.2, 0) is 22.2 Å². The summed E-state index contributed by atoms with van der Waals surface area (Å²) in [6.07, 6.45) is -14.7. The van der Waals surface area contributed by atoms with Gasteiger partial charge in [0.05, 0.1) is 17.8 Å². The van der Waals surface area contributed by atoms with E-state index in [9.17, 15) is 35.9 Å². The van der Waals surface area contributed by atoms with Gasteiger partial charge in [-0.3, -0.25) is 10.00 Å². The molecule has 0 spiro atoms. The molecule has 39 heavy (non-hydrogen) atoms. The molecule has 2 amide bonds. The molecule has 2 aromatic heterocycles. The lowest BCUT2D eigenvalue weighted by Crippen LogP contribution is -2.48. The third-order valence-electron chi connectivity index (χ3n) is 6.09. The number of nitrogens with one attached hydrogen (secondary N) is 1. The summed E-state index contributed by atoms with van der Waals surface area (Å²) in [6, 6.07) is 1.49. The minimum atomic E-state index is -5.11. The molecule has 4 rings (SSSR count). The lowest BCUT2D eigenvalue weighted by atomic mass is 9.93. The third-order valence-corrected chi connectivity index (χ3v) is 6.09. The number of amides is 2. The molecule has 0 aliphatic carbocycles. The van der Waals surface area contributed by atoms with Gasteiger partial charge in [0, 0.05) is 37.7 Å². The summed E-state index contributed by atoms with van der Waals surface area (Å²) in [4.78, 5) is 28.8. The Morgan fingerprint density at radius 1 is 1.18 bits per heavy atom. The standard InChI is InChI=1S/C23H24F7N5O4/c1-20(2,3)39-19(37)34-8-5-21(24,6-9-34)11-35-14(22(25,26)27)10-13(33-35)12-4-7-31-17-15(12)16(23(28,29)30)38-18(36)32-17/h4,7,10,16H,5-6,8-9,11H2,1-3H3,(H,31,32,36). The van der Waals surface area contributed by atoms with Crippen molar-refractivity contribution in [2.24, 2.45) is 0 Å². The Labute approximate surface area is 217 Å². The van der Waals surface area contributed by atoms with Crippen LogP contribution in [0.3, 0.4) is 0 Å². The molecule has 0 radical (unpaired) electrons. The lowest BCUT2D eigenvalue weighted by molar-refractivity contribution is -0.206. The highest BCUT2D eigenvalue weighted by atomic mass is 19.4. The number of likely N-dealkylation sites (tertiary alicyclic amines) is 1. The Morgan fingerprint density at radius 3 is 2.38 bits per heavy atom. The van der Waals surface area contributed by atoms with Gasteiger partial charge in [0.2, 0.25) is 6.10 Å². The summed E-state index contributed by atoms with van der Waals surface area (Å²) >= 11 is 0. The van der Waals surface area contributed by atoms with Gasteiger partial charge in [-0.1, -0.05) is 0 Å². The van der Waals surface area contributed by atoms with Gasteiger partial charge in [0.1, 0.15) is 22.8 Å². The van der Waals surface area contributed by atoms with Gasteiger partial charge in [-0.05, 0) is 32.9 Å². The van der Waals surface area contributed by atoms with Crippen LogP contribution in [0.5, 0.6) is 0 Å². The van der Waals surface area contributed by atoms with Crippen LogP contribution >= 0.6 is 0 Å². The quantitative estimate of drug-likeness (QED) is 0.466. The summed E-state index contributed by atoms with van der Waals surface area (Å²) in [5, 5.41) is 5.81. The van der Waals surface area contributed by atoms with Crippen molar-refractivity contribution in [2.45, 2.75) is 69.9 Å². The maximum Gasteiger partial charge on any atom is 0.433 e. The van der Waals surface area contributed by atoms with E-state index in [0.717, 1.165) is 12.3 Å². The Hall–Kier alpha value is -3.59.